The largest absolute Gasteiger partial charge is 0.454 e. The van der Waals surface area contributed by atoms with Gasteiger partial charge in [0.1, 0.15) is 5.70 Å². The molecule has 0 atom stereocenters. The number of carbonyl (C=O) groups is 2. The van der Waals surface area contributed by atoms with Crippen LogP contribution in [0.5, 0.6) is 11.5 Å². The first-order chi connectivity index (χ1) is 14.2. The Balaban J connectivity index is 1.50. The zero-order valence-corrected chi connectivity index (χ0v) is 16.8. The summed E-state index contributed by atoms with van der Waals surface area (Å²) in [5, 5.41) is 5.14. The molecule has 1 aliphatic carbocycles. The summed E-state index contributed by atoms with van der Waals surface area (Å²) in [5.74, 6) is 0.887. The van der Waals surface area contributed by atoms with Crippen LogP contribution in [0.15, 0.2) is 41.4 Å². The molecule has 6 nitrogen and oxygen atoms in total. The Morgan fingerprint density at radius 3 is 2.52 bits per heavy atom. The fourth-order valence-corrected chi connectivity index (χ4v) is 5.05. The number of thiophene rings is 1. The molecule has 0 saturated heterocycles. The Kier molecular flexibility index (Phi) is 4.75. The lowest BCUT2D eigenvalue weighted by atomic mass is 10.1. The van der Waals surface area contributed by atoms with Crippen LogP contribution in [0.1, 0.15) is 43.4 Å². The summed E-state index contributed by atoms with van der Waals surface area (Å²) < 4.78 is 10.8. The quantitative estimate of drug-likeness (QED) is 0.598. The number of fused-ring (bicyclic) bond motifs is 1. The molecule has 5 rings (SSSR count). The Labute approximate surface area is 173 Å². The van der Waals surface area contributed by atoms with Crippen molar-refractivity contribution in [2.45, 2.75) is 44.6 Å². The van der Waals surface area contributed by atoms with Gasteiger partial charge in [0, 0.05) is 22.7 Å². The van der Waals surface area contributed by atoms with E-state index in [-0.39, 0.29) is 24.6 Å². The second-order valence-corrected chi connectivity index (χ2v) is 8.49. The van der Waals surface area contributed by atoms with E-state index in [9.17, 15) is 9.59 Å². The van der Waals surface area contributed by atoms with Crippen LogP contribution in [0, 0.1) is 0 Å². The number of rotatable bonds is 4. The number of hydrogen-bond donors (Lipinski definition) is 1. The van der Waals surface area contributed by atoms with Crippen LogP contribution >= 0.6 is 11.3 Å². The van der Waals surface area contributed by atoms with Gasteiger partial charge in [-0.2, -0.15) is 0 Å². The first-order valence-corrected chi connectivity index (χ1v) is 10.9. The Hall–Kier alpha value is -2.80. The van der Waals surface area contributed by atoms with E-state index in [1.807, 2.05) is 23.6 Å². The Morgan fingerprint density at radius 2 is 1.76 bits per heavy atom. The second kappa shape index (κ2) is 7.55. The number of ether oxygens (including phenoxy) is 2. The van der Waals surface area contributed by atoms with Crippen LogP contribution in [-0.2, 0) is 9.59 Å². The highest BCUT2D eigenvalue weighted by molar-refractivity contribution is 7.11. The lowest BCUT2D eigenvalue weighted by Gasteiger charge is -2.25. The molecule has 2 amide bonds. The minimum atomic E-state index is -0.233. The van der Waals surface area contributed by atoms with E-state index in [4.69, 9.17) is 9.47 Å². The molecule has 29 heavy (non-hydrogen) atoms. The second-order valence-electron chi connectivity index (χ2n) is 7.55. The van der Waals surface area contributed by atoms with Crippen molar-refractivity contribution in [1.29, 1.82) is 0 Å². The molecule has 1 saturated carbocycles. The highest BCUT2D eigenvalue weighted by Gasteiger charge is 2.43. The van der Waals surface area contributed by atoms with Gasteiger partial charge in [-0.1, -0.05) is 31.7 Å². The standard InChI is InChI=1S/C22H22N2O4S/c25-21-19(18-8-5-11-29-18)20(22(26)24(21)15-6-3-1-2-4-7-15)23-14-9-10-16-17(12-14)28-13-27-16/h5,8-12,15,23H,1-4,6-7,13H2. The molecule has 0 spiro atoms. The van der Waals surface area contributed by atoms with Crippen LogP contribution in [-0.4, -0.2) is 29.5 Å². The van der Waals surface area contributed by atoms with E-state index < -0.39 is 0 Å². The van der Waals surface area contributed by atoms with Crippen LogP contribution in [0.25, 0.3) is 5.57 Å². The van der Waals surface area contributed by atoms with Crippen molar-refractivity contribution in [1.82, 2.24) is 4.90 Å². The zero-order chi connectivity index (χ0) is 19.8. The van der Waals surface area contributed by atoms with Gasteiger partial charge < -0.3 is 14.8 Å². The number of nitrogens with zero attached hydrogens (tertiary/aromatic N) is 1. The molecule has 3 heterocycles. The summed E-state index contributed by atoms with van der Waals surface area (Å²) in [6.07, 6.45) is 6.21. The summed E-state index contributed by atoms with van der Waals surface area (Å²) in [4.78, 5) is 29.1. The van der Waals surface area contributed by atoms with Crippen molar-refractivity contribution in [3.05, 3.63) is 46.3 Å². The molecule has 7 heteroatoms. The summed E-state index contributed by atoms with van der Waals surface area (Å²) in [5.41, 5.74) is 1.51. The van der Waals surface area contributed by atoms with Crippen LogP contribution < -0.4 is 14.8 Å². The van der Waals surface area contributed by atoms with Crippen LogP contribution in [0.3, 0.4) is 0 Å². The predicted octanol–water partition coefficient (Wildman–Crippen LogP) is 4.39. The van der Waals surface area contributed by atoms with Gasteiger partial charge in [-0.15, -0.1) is 11.3 Å². The van der Waals surface area contributed by atoms with Crippen molar-refractivity contribution >= 4 is 34.4 Å². The first kappa shape index (κ1) is 18.2. The number of benzene rings is 1. The number of nitrogens with one attached hydrogen (secondary N) is 1. The fraction of sp³-hybridized carbons (Fsp3) is 0.364. The number of hydrogen-bond acceptors (Lipinski definition) is 6. The van der Waals surface area contributed by atoms with Crippen molar-refractivity contribution in [2.75, 3.05) is 12.1 Å². The number of amides is 2. The maximum atomic E-state index is 13.4. The molecule has 1 fully saturated rings. The third-order valence-corrected chi connectivity index (χ3v) is 6.60. The molecule has 3 aliphatic rings. The maximum absolute atomic E-state index is 13.4. The SMILES string of the molecule is O=C1C(Nc2ccc3c(c2)OCO3)=C(c2cccs2)C(=O)N1C1CCCCCC1. The van der Waals surface area contributed by atoms with Crippen LogP contribution in [0.4, 0.5) is 5.69 Å². The van der Waals surface area contributed by atoms with Gasteiger partial charge >= 0.3 is 0 Å². The van der Waals surface area contributed by atoms with Gasteiger partial charge in [-0.25, -0.2) is 0 Å². The predicted molar refractivity (Wildman–Crippen MR) is 111 cm³/mol. The molecule has 2 aromatic rings. The zero-order valence-electron chi connectivity index (χ0n) is 16.0. The third kappa shape index (κ3) is 3.29. The summed E-state index contributed by atoms with van der Waals surface area (Å²) in [6, 6.07) is 9.20. The van der Waals surface area contributed by atoms with Crippen molar-refractivity contribution in [3.8, 4) is 11.5 Å². The molecule has 1 aromatic carbocycles. The highest BCUT2D eigenvalue weighted by atomic mass is 32.1. The summed E-state index contributed by atoms with van der Waals surface area (Å²) in [7, 11) is 0. The van der Waals surface area contributed by atoms with Gasteiger partial charge in [0.25, 0.3) is 11.8 Å². The number of anilines is 1. The van der Waals surface area contributed by atoms with E-state index in [0.29, 0.717) is 28.5 Å². The molecule has 0 radical (unpaired) electrons. The normalized spacial score (nSPS) is 19.8. The molecule has 0 bridgehead atoms. The number of imide groups is 1. The third-order valence-electron chi connectivity index (χ3n) is 5.71. The van der Waals surface area contributed by atoms with Gasteiger partial charge in [-0.05, 0) is 36.4 Å². The van der Waals surface area contributed by atoms with Gasteiger partial charge in [0.05, 0.1) is 5.57 Å². The lowest BCUT2D eigenvalue weighted by Crippen LogP contribution is -2.41. The van der Waals surface area contributed by atoms with E-state index in [1.54, 1.807) is 12.1 Å². The van der Waals surface area contributed by atoms with Gasteiger partial charge in [-0.3, -0.25) is 14.5 Å². The lowest BCUT2D eigenvalue weighted by molar-refractivity contribution is -0.139. The topological polar surface area (TPSA) is 67.9 Å². The molecular weight excluding hydrogens is 388 g/mol. The Morgan fingerprint density at radius 1 is 0.966 bits per heavy atom. The molecule has 2 aliphatic heterocycles. The van der Waals surface area contributed by atoms with Gasteiger partial charge in [0.15, 0.2) is 11.5 Å². The van der Waals surface area contributed by atoms with Crippen molar-refractivity contribution in [2.24, 2.45) is 0 Å². The van der Waals surface area contributed by atoms with Gasteiger partial charge in [0.2, 0.25) is 6.79 Å². The monoisotopic (exact) mass is 410 g/mol. The fourth-order valence-electron chi connectivity index (χ4n) is 4.28. The molecular formula is C22H22N2O4S. The highest BCUT2D eigenvalue weighted by Crippen LogP contribution is 2.38. The first-order valence-electron chi connectivity index (χ1n) is 10.0. The van der Waals surface area contributed by atoms with E-state index in [1.165, 1.54) is 29.1 Å². The summed E-state index contributed by atoms with van der Waals surface area (Å²) >= 11 is 1.47. The maximum Gasteiger partial charge on any atom is 0.278 e. The average Bonchev–Trinajstić information content (AvgIpc) is 3.40. The minimum Gasteiger partial charge on any atom is -0.454 e. The Bertz CT molecular complexity index is 975. The molecule has 1 aromatic heterocycles. The van der Waals surface area contributed by atoms with E-state index in [0.717, 1.165) is 30.6 Å². The van der Waals surface area contributed by atoms with Crippen molar-refractivity contribution < 1.29 is 19.1 Å². The van der Waals surface area contributed by atoms with Crippen LogP contribution in [0.2, 0.25) is 0 Å². The van der Waals surface area contributed by atoms with E-state index >= 15 is 0 Å². The van der Waals surface area contributed by atoms with E-state index in [2.05, 4.69) is 5.32 Å². The molecule has 0 unspecified atom stereocenters. The smallest absolute Gasteiger partial charge is 0.278 e. The summed E-state index contributed by atoms with van der Waals surface area (Å²) in [6.45, 7) is 0.189. The average molecular weight is 410 g/mol. The number of carbonyl (C=O) groups excluding carboxylic acids is 2. The van der Waals surface area contributed by atoms with Crippen molar-refractivity contribution in [3.63, 3.8) is 0 Å². The molecule has 1 N–H and O–H groups in total. The molecule has 150 valence electrons. The minimum absolute atomic E-state index is 0.0245.